The highest BCUT2D eigenvalue weighted by Crippen LogP contribution is 2.23. The zero-order valence-electron chi connectivity index (χ0n) is 19.1. The summed E-state index contributed by atoms with van der Waals surface area (Å²) in [6.45, 7) is 5.12. The molecule has 2 atom stereocenters. The fraction of sp³-hybridized carbons (Fsp3) is 0.391. The number of halogens is 2. The molecule has 0 heterocycles. The van der Waals surface area contributed by atoms with E-state index in [4.69, 9.17) is 11.6 Å². The number of amides is 2. The van der Waals surface area contributed by atoms with Crippen molar-refractivity contribution in [3.05, 3.63) is 63.6 Å². The Balaban J connectivity index is 2.38. The van der Waals surface area contributed by atoms with E-state index in [-0.39, 0.29) is 18.5 Å². The van der Waals surface area contributed by atoms with Crippen molar-refractivity contribution < 1.29 is 18.0 Å². The number of nitrogens with zero attached hydrogens (tertiary/aromatic N) is 2. The van der Waals surface area contributed by atoms with E-state index in [0.717, 1.165) is 22.5 Å². The third-order valence-corrected chi connectivity index (χ3v) is 7.05. The van der Waals surface area contributed by atoms with Crippen LogP contribution in [0.1, 0.15) is 32.8 Å². The first-order valence-electron chi connectivity index (χ1n) is 10.5. The first-order chi connectivity index (χ1) is 15.4. The third kappa shape index (κ3) is 8.01. The van der Waals surface area contributed by atoms with Gasteiger partial charge in [-0.15, -0.1) is 0 Å². The van der Waals surface area contributed by atoms with Gasteiger partial charge in [-0.1, -0.05) is 52.7 Å². The Morgan fingerprint density at radius 2 is 1.79 bits per heavy atom. The average molecular weight is 559 g/mol. The molecule has 2 amide bonds. The van der Waals surface area contributed by atoms with Gasteiger partial charge in [-0.2, -0.15) is 0 Å². The normalized spacial score (nSPS) is 13.2. The van der Waals surface area contributed by atoms with Crippen molar-refractivity contribution >= 4 is 55.1 Å². The van der Waals surface area contributed by atoms with Crippen molar-refractivity contribution in [2.75, 3.05) is 17.1 Å². The Bertz CT molecular complexity index is 1100. The molecule has 10 heteroatoms. The molecule has 0 unspecified atom stereocenters. The van der Waals surface area contributed by atoms with Crippen molar-refractivity contribution in [1.29, 1.82) is 0 Å². The summed E-state index contributed by atoms with van der Waals surface area (Å²) in [6, 6.07) is 12.8. The van der Waals surface area contributed by atoms with Crippen LogP contribution >= 0.6 is 27.5 Å². The smallest absolute Gasteiger partial charge is 0.244 e. The molecule has 0 radical (unpaired) electrons. The lowest BCUT2D eigenvalue weighted by Crippen LogP contribution is -2.52. The van der Waals surface area contributed by atoms with Crippen LogP contribution in [0.2, 0.25) is 5.02 Å². The molecule has 0 spiro atoms. The van der Waals surface area contributed by atoms with Crippen LogP contribution in [0.4, 0.5) is 5.69 Å². The summed E-state index contributed by atoms with van der Waals surface area (Å²) in [5, 5.41) is 3.39. The molecule has 0 aliphatic carbocycles. The first-order valence-corrected chi connectivity index (χ1v) is 13.5. The van der Waals surface area contributed by atoms with Crippen LogP contribution in [0.15, 0.2) is 53.0 Å². The number of anilines is 1. The fourth-order valence-electron chi connectivity index (χ4n) is 3.13. The van der Waals surface area contributed by atoms with Gasteiger partial charge in [0.15, 0.2) is 0 Å². The Morgan fingerprint density at radius 1 is 1.12 bits per heavy atom. The quantitative estimate of drug-likeness (QED) is 0.474. The van der Waals surface area contributed by atoms with Crippen LogP contribution in [0.25, 0.3) is 0 Å². The second kappa shape index (κ2) is 11.9. The monoisotopic (exact) mass is 557 g/mol. The standard InChI is InChI=1S/C23H29BrClN3O4S/c1-5-16(2)26-23(30)17(3)27(14-18-8-6-10-20(25)12-18)22(29)15-28(33(4,31)32)21-11-7-9-19(24)13-21/h6-13,16-17H,5,14-15H2,1-4H3,(H,26,30)/t16-,17-/m0/s1. The van der Waals surface area contributed by atoms with Crippen molar-refractivity contribution in [3.8, 4) is 0 Å². The lowest BCUT2D eigenvalue weighted by Gasteiger charge is -2.32. The summed E-state index contributed by atoms with van der Waals surface area (Å²) in [5.74, 6) is -0.819. The molecular weight excluding hydrogens is 530 g/mol. The van der Waals surface area contributed by atoms with Crippen LogP contribution in [0.3, 0.4) is 0 Å². The second-order valence-electron chi connectivity index (χ2n) is 7.89. The highest BCUT2D eigenvalue weighted by molar-refractivity contribution is 9.10. The van der Waals surface area contributed by atoms with Crippen LogP contribution in [-0.4, -0.2) is 50.0 Å². The van der Waals surface area contributed by atoms with E-state index in [1.807, 2.05) is 13.8 Å². The molecule has 33 heavy (non-hydrogen) atoms. The minimum atomic E-state index is -3.77. The largest absolute Gasteiger partial charge is 0.352 e. The summed E-state index contributed by atoms with van der Waals surface area (Å²) >= 11 is 9.43. The molecule has 0 saturated carbocycles. The molecule has 2 aromatic rings. The molecule has 2 rings (SSSR count). The fourth-order valence-corrected chi connectivity index (χ4v) is 4.57. The predicted octanol–water partition coefficient (Wildman–Crippen LogP) is 4.20. The molecule has 180 valence electrons. The van der Waals surface area contributed by atoms with Gasteiger partial charge in [0.1, 0.15) is 12.6 Å². The minimum absolute atomic E-state index is 0.0581. The molecule has 0 saturated heterocycles. The van der Waals surface area contributed by atoms with Gasteiger partial charge in [-0.05, 0) is 56.2 Å². The van der Waals surface area contributed by atoms with Gasteiger partial charge in [0.2, 0.25) is 21.8 Å². The molecule has 0 fully saturated rings. The molecule has 0 aliphatic rings. The SMILES string of the molecule is CC[C@H](C)NC(=O)[C@H](C)N(Cc1cccc(Cl)c1)C(=O)CN(c1cccc(Br)c1)S(C)(=O)=O. The Labute approximate surface area is 209 Å². The summed E-state index contributed by atoms with van der Waals surface area (Å²) in [4.78, 5) is 27.7. The molecule has 2 aromatic carbocycles. The number of hydrogen-bond donors (Lipinski definition) is 1. The zero-order valence-corrected chi connectivity index (χ0v) is 22.2. The third-order valence-electron chi connectivity index (χ3n) is 5.19. The van der Waals surface area contributed by atoms with E-state index >= 15 is 0 Å². The van der Waals surface area contributed by atoms with Gasteiger partial charge in [0.25, 0.3) is 0 Å². The summed E-state index contributed by atoms with van der Waals surface area (Å²) in [7, 11) is -3.77. The maximum atomic E-state index is 13.4. The number of nitrogens with one attached hydrogen (secondary N) is 1. The summed E-state index contributed by atoms with van der Waals surface area (Å²) in [6.07, 6.45) is 1.78. The lowest BCUT2D eigenvalue weighted by atomic mass is 10.1. The van der Waals surface area contributed by atoms with Crippen molar-refractivity contribution in [2.24, 2.45) is 0 Å². The first kappa shape index (κ1) is 27.1. The molecule has 7 nitrogen and oxygen atoms in total. The average Bonchev–Trinajstić information content (AvgIpc) is 2.74. The molecule has 1 N–H and O–H groups in total. The number of sulfonamides is 1. The van der Waals surface area contributed by atoms with Gasteiger partial charge in [0, 0.05) is 22.1 Å². The number of benzene rings is 2. The van der Waals surface area contributed by atoms with E-state index in [1.165, 1.54) is 4.90 Å². The van der Waals surface area contributed by atoms with Gasteiger partial charge in [-0.25, -0.2) is 8.42 Å². The number of hydrogen-bond acceptors (Lipinski definition) is 4. The molecule has 0 aliphatic heterocycles. The molecular formula is C23H29BrClN3O4S. The summed E-state index contributed by atoms with van der Waals surface area (Å²) < 4.78 is 26.8. The van der Waals surface area contributed by atoms with E-state index < -0.39 is 28.5 Å². The van der Waals surface area contributed by atoms with Gasteiger partial charge < -0.3 is 10.2 Å². The second-order valence-corrected chi connectivity index (χ2v) is 11.2. The minimum Gasteiger partial charge on any atom is -0.352 e. The van der Waals surface area contributed by atoms with Gasteiger partial charge in [0.05, 0.1) is 11.9 Å². The zero-order chi connectivity index (χ0) is 24.8. The lowest BCUT2D eigenvalue weighted by molar-refractivity contribution is -0.139. The number of carbonyl (C=O) groups is 2. The van der Waals surface area contributed by atoms with Crippen molar-refractivity contribution in [3.63, 3.8) is 0 Å². The summed E-state index contributed by atoms with van der Waals surface area (Å²) in [5.41, 5.74) is 1.08. The van der Waals surface area contributed by atoms with Crippen molar-refractivity contribution in [2.45, 2.75) is 45.8 Å². The topological polar surface area (TPSA) is 86.8 Å². The number of carbonyl (C=O) groups excluding carboxylic acids is 2. The van der Waals surface area contributed by atoms with Crippen LogP contribution in [0, 0.1) is 0 Å². The van der Waals surface area contributed by atoms with Crippen LogP contribution < -0.4 is 9.62 Å². The highest BCUT2D eigenvalue weighted by atomic mass is 79.9. The van der Waals surface area contributed by atoms with E-state index in [2.05, 4.69) is 21.2 Å². The van der Waals surface area contributed by atoms with Crippen LogP contribution in [0.5, 0.6) is 0 Å². The predicted molar refractivity (Wildman–Crippen MR) is 136 cm³/mol. The van der Waals surface area contributed by atoms with E-state index in [1.54, 1.807) is 55.5 Å². The van der Waals surface area contributed by atoms with E-state index in [0.29, 0.717) is 15.2 Å². The Morgan fingerprint density at radius 3 is 2.36 bits per heavy atom. The molecule has 0 bridgehead atoms. The van der Waals surface area contributed by atoms with Gasteiger partial charge in [-0.3, -0.25) is 13.9 Å². The van der Waals surface area contributed by atoms with Crippen LogP contribution in [-0.2, 0) is 26.2 Å². The Hall–Kier alpha value is -2.10. The van der Waals surface area contributed by atoms with Gasteiger partial charge >= 0.3 is 0 Å². The molecule has 0 aromatic heterocycles. The maximum Gasteiger partial charge on any atom is 0.244 e. The Kier molecular flexibility index (Phi) is 9.75. The highest BCUT2D eigenvalue weighted by Gasteiger charge is 2.30. The van der Waals surface area contributed by atoms with Crippen molar-refractivity contribution in [1.82, 2.24) is 10.2 Å². The van der Waals surface area contributed by atoms with E-state index in [9.17, 15) is 18.0 Å². The number of rotatable bonds is 10. The maximum absolute atomic E-state index is 13.4.